The lowest BCUT2D eigenvalue weighted by Crippen LogP contribution is -2.38. The van der Waals surface area contributed by atoms with Gasteiger partial charge in [-0.05, 0) is 42.7 Å². The van der Waals surface area contributed by atoms with Crippen molar-refractivity contribution in [1.82, 2.24) is 15.6 Å². The first-order valence-electron chi connectivity index (χ1n) is 8.86. The van der Waals surface area contributed by atoms with E-state index >= 15 is 0 Å². The largest absolute Gasteiger partial charge is 0.361 e. The van der Waals surface area contributed by atoms with Gasteiger partial charge < -0.3 is 15.6 Å². The minimum atomic E-state index is 0.540. The molecule has 2 aromatic carbocycles. The predicted molar refractivity (Wildman–Crippen MR) is 106 cm³/mol. The second-order valence-electron chi connectivity index (χ2n) is 6.04. The SMILES string of the molecule is CCNC(=NCc1cccc(C#N)c1)NCCc1c[nH]c2ccccc12. The molecule has 0 unspecified atom stereocenters. The van der Waals surface area contributed by atoms with Gasteiger partial charge in [0.15, 0.2) is 5.96 Å². The highest BCUT2D eigenvalue weighted by molar-refractivity contribution is 5.83. The van der Waals surface area contributed by atoms with Crippen molar-refractivity contribution in [3.8, 4) is 6.07 Å². The summed E-state index contributed by atoms with van der Waals surface area (Å²) in [5.41, 5.74) is 4.15. The summed E-state index contributed by atoms with van der Waals surface area (Å²) in [5, 5.41) is 16.9. The molecule has 0 aliphatic rings. The summed E-state index contributed by atoms with van der Waals surface area (Å²) in [4.78, 5) is 7.93. The molecule has 1 heterocycles. The van der Waals surface area contributed by atoms with E-state index in [1.54, 1.807) is 6.07 Å². The third-order valence-electron chi connectivity index (χ3n) is 4.18. The number of rotatable bonds is 6. The van der Waals surface area contributed by atoms with Gasteiger partial charge in [0.1, 0.15) is 0 Å². The number of benzene rings is 2. The van der Waals surface area contributed by atoms with E-state index < -0.39 is 0 Å². The summed E-state index contributed by atoms with van der Waals surface area (Å²) in [6, 6.07) is 18.1. The minimum Gasteiger partial charge on any atom is -0.361 e. The molecule has 132 valence electrons. The standard InChI is InChI=1S/C21H23N5/c1-2-23-21(26-14-17-7-5-6-16(12-17)13-22)24-11-10-18-15-25-20-9-4-3-8-19(18)20/h3-9,12,15,25H,2,10-11,14H2,1H3,(H2,23,24,26). The first-order chi connectivity index (χ1) is 12.8. The maximum atomic E-state index is 8.99. The van der Waals surface area contributed by atoms with Gasteiger partial charge in [0, 0.05) is 30.2 Å². The van der Waals surface area contributed by atoms with Crippen molar-refractivity contribution in [2.75, 3.05) is 13.1 Å². The van der Waals surface area contributed by atoms with Gasteiger partial charge in [-0.1, -0.05) is 30.3 Å². The molecule has 26 heavy (non-hydrogen) atoms. The first-order valence-corrected chi connectivity index (χ1v) is 8.86. The fourth-order valence-corrected chi connectivity index (χ4v) is 2.91. The fourth-order valence-electron chi connectivity index (χ4n) is 2.91. The van der Waals surface area contributed by atoms with E-state index in [2.05, 4.69) is 51.1 Å². The van der Waals surface area contributed by atoms with Gasteiger partial charge in [-0.25, -0.2) is 4.99 Å². The number of nitriles is 1. The lowest BCUT2D eigenvalue weighted by molar-refractivity contribution is 0.801. The van der Waals surface area contributed by atoms with Crippen LogP contribution in [0.5, 0.6) is 0 Å². The number of para-hydroxylation sites is 1. The van der Waals surface area contributed by atoms with Gasteiger partial charge in [0.05, 0.1) is 18.2 Å². The predicted octanol–water partition coefficient (Wildman–Crippen LogP) is 3.34. The van der Waals surface area contributed by atoms with Crippen molar-refractivity contribution in [3.63, 3.8) is 0 Å². The Kier molecular flexibility index (Phi) is 5.89. The monoisotopic (exact) mass is 345 g/mol. The molecule has 0 atom stereocenters. The van der Waals surface area contributed by atoms with Gasteiger partial charge >= 0.3 is 0 Å². The number of hydrogen-bond acceptors (Lipinski definition) is 2. The quantitative estimate of drug-likeness (QED) is 0.474. The van der Waals surface area contributed by atoms with Crippen molar-refractivity contribution < 1.29 is 0 Å². The van der Waals surface area contributed by atoms with Crippen LogP contribution in [0.3, 0.4) is 0 Å². The number of fused-ring (bicyclic) bond motifs is 1. The summed E-state index contributed by atoms with van der Waals surface area (Å²) in [6.45, 7) is 4.19. The molecule has 1 aromatic heterocycles. The second-order valence-corrected chi connectivity index (χ2v) is 6.04. The molecule has 5 nitrogen and oxygen atoms in total. The van der Waals surface area contributed by atoms with Crippen LogP contribution in [0, 0.1) is 11.3 Å². The highest BCUT2D eigenvalue weighted by atomic mass is 15.2. The maximum Gasteiger partial charge on any atom is 0.191 e. The Morgan fingerprint density at radius 1 is 1.15 bits per heavy atom. The number of nitrogens with zero attached hydrogens (tertiary/aromatic N) is 2. The van der Waals surface area contributed by atoms with Gasteiger partial charge in [-0.2, -0.15) is 5.26 Å². The topological polar surface area (TPSA) is 76.0 Å². The Morgan fingerprint density at radius 2 is 2.04 bits per heavy atom. The van der Waals surface area contributed by atoms with Crippen molar-refractivity contribution in [1.29, 1.82) is 5.26 Å². The number of nitrogens with one attached hydrogen (secondary N) is 3. The molecule has 0 amide bonds. The third kappa shape index (κ3) is 4.42. The molecule has 0 saturated heterocycles. The highest BCUT2D eigenvalue weighted by Crippen LogP contribution is 2.17. The van der Waals surface area contributed by atoms with E-state index in [4.69, 9.17) is 5.26 Å². The van der Waals surface area contributed by atoms with Crippen LogP contribution in [0.1, 0.15) is 23.6 Å². The summed E-state index contributed by atoms with van der Waals surface area (Å²) in [5.74, 6) is 0.787. The van der Waals surface area contributed by atoms with Crippen LogP contribution < -0.4 is 10.6 Å². The highest BCUT2D eigenvalue weighted by Gasteiger charge is 2.03. The van der Waals surface area contributed by atoms with Crippen molar-refractivity contribution in [2.24, 2.45) is 4.99 Å². The average Bonchev–Trinajstić information content (AvgIpc) is 3.09. The zero-order chi connectivity index (χ0) is 18.2. The Labute approximate surface area is 153 Å². The maximum absolute atomic E-state index is 8.99. The third-order valence-corrected chi connectivity index (χ3v) is 4.18. The Hall–Kier alpha value is -3.26. The lowest BCUT2D eigenvalue weighted by atomic mass is 10.1. The van der Waals surface area contributed by atoms with Gasteiger partial charge in [-0.15, -0.1) is 0 Å². The van der Waals surface area contributed by atoms with Crippen LogP contribution in [-0.4, -0.2) is 24.0 Å². The molecule has 0 radical (unpaired) electrons. The molecule has 3 aromatic rings. The van der Waals surface area contributed by atoms with Gasteiger partial charge in [0.2, 0.25) is 0 Å². The lowest BCUT2D eigenvalue weighted by Gasteiger charge is -2.11. The van der Waals surface area contributed by atoms with E-state index in [0.717, 1.165) is 31.0 Å². The zero-order valence-corrected chi connectivity index (χ0v) is 14.9. The van der Waals surface area contributed by atoms with Crippen LogP contribution in [0.25, 0.3) is 10.9 Å². The van der Waals surface area contributed by atoms with Gasteiger partial charge in [-0.3, -0.25) is 0 Å². The summed E-state index contributed by atoms with van der Waals surface area (Å²) in [6.07, 6.45) is 2.99. The summed E-state index contributed by atoms with van der Waals surface area (Å²) in [7, 11) is 0. The molecule has 0 saturated carbocycles. The van der Waals surface area contributed by atoms with Crippen LogP contribution in [0.4, 0.5) is 0 Å². The zero-order valence-electron chi connectivity index (χ0n) is 14.9. The molecule has 3 N–H and O–H groups in total. The van der Waals surface area contributed by atoms with Crippen molar-refractivity contribution in [2.45, 2.75) is 19.9 Å². The second kappa shape index (κ2) is 8.72. The molecule has 0 fully saturated rings. The summed E-state index contributed by atoms with van der Waals surface area (Å²) >= 11 is 0. The molecule has 0 spiro atoms. The normalized spacial score (nSPS) is 11.3. The smallest absolute Gasteiger partial charge is 0.191 e. The van der Waals surface area contributed by atoms with Crippen LogP contribution in [0.2, 0.25) is 0 Å². The summed E-state index contributed by atoms with van der Waals surface area (Å²) < 4.78 is 0. The molecule has 3 rings (SSSR count). The molecule has 5 heteroatoms. The minimum absolute atomic E-state index is 0.540. The van der Waals surface area contributed by atoms with E-state index in [9.17, 15) is 0 Å². The van der Waals surface area contributed by atoms with E-state index in [1.165, 1.54) is 16.5 Å². The van der Waals surface area contributed by atoms with E-state index in [-0.39, 0.29) is 0 Å². The Balaban J connectivity index is 1.60. The fraction of sp³-hybridized carbons (Fsp3) is 0.238. The number of H-pyrrole nitrogens is 1. The van der Waals surface area contributed by atoms with Crippen molar-refractivity contribution in [3.05, 3.63) is 71.4 Å². The average molecular weight is 345 g/mol. The number of aromatic nitrogens is 1. The molecular weight excluding hydrogens is 322 g/mol. The molecule has 0 aliphatic carbocycles. The molecule has 0 bridgehead atoms. The van der Waals surface area contributed by atoms with Crippen LogP contribution >= 0.6 is 0 Å². The van der Waals surface area contributed by atoms with E-state index in [1.807, 2.05) is 31.2 Å². The number of hydrogen-bond donors (Lipinski definition) is 3. The molecular formula is C21H23N5. The molecule has 0 aliphatic heterocycles. The Bertz CT molecular complexity index is 933. The number of aliphatic imine (C=N–C) groups is 1. The van der Waals surface area contributed by atoms with Crippen LogP contribution in [-0.2, 0) is 13.0 Å². The number of aromatic amines is 1. The van der Waals surface area contributed by atoms with E-state index in [0.29, 0.717) is 12.1 Å². The van der Waals surface area contributed by atoms with Gasteiger partial charge in [0.25, 0.3) is 0 Å². The number of guanidine groups is 1. The first kappa shape index (κ1) is 17.6. The van der Waals surface area contributed by atoms with Crippen LogP contribution in [0.15, 0.2) is 59.7 Å². The van der Waals surface area contributed by atoms with Crippen molar-refractivity contribution >= 4 is 16.9 Å². The Morgan fingerprint density at radius 3 is 2.88 bits per heavy atom.